The van der Waals surface area contributed by atoms with Gasteiger partial charge in [-0.1, -0.05) is 18.2 Å². The molecule has 2 aromatic carbocycles. The lowest BCUT2D eigenvalue weighted by molar-refractivity contribution is 0.586. The van der Waals surface area contributed by atoms with E-state index in [1.807, 2.05) is 38.1 Å². The Balaban J connectivity index is 0.00000225. The maximum Gasteiger partial charge on any atom is 0.206 e. The zero-order valence-electron chi connectivity index (χ0n) is 16.0. The molecule has 148 valence electrons. The number of sulfone groups is 1. The van der Waals surface area contributed by atoms with Gasteiger partial charge in [0.05, 0.1) is 9.79 Å². The summed E-state index contributed by atoms with van der Waals surface area (Å²) in [7, 11) is -3.59. The van der Waals surface area contributed by atoms with Crippen molar-refractivity contribution in [3.63, 3.8) is 0 Å². The van der Waals surface area contributed by atoms with E-state index in [1.165, 1.54) is 0 Å². The monoisotopic (exact) mass is 417 g/mol. The molecule has 1 aliphatic rings. The Labute approximate surface area is 172 Å². The molecule has 0 saturated carbocycles. The van der Waals surface area contributed by atoms with Crippen LogP contribution in [0.5, 0.6) is 0 Å². The van der Waals surface area contributed by atoms with Crippen molar-refractivity contribution in [2.75, 3.05) is 31.1 Å². The minimum absolute atomic E-state index is 0. The highest BCUT2D eigenvalue weighted by atomic mass is 35.5. The van der Waals surface area contributed by atoms with Gasteiger partial charge in [0.15, 0.2) is 0 Å². The average Bonchev–Trinajstić information content (AvgIpc) is 2.69. The second-order valence-electron chi connectivity index (χ2n) is 7.03. The molecule has 1 aliphatic heterocycles. The van der Waals surface area contributed by atoms with E-state index in [0.29, 0.717) is 9.79 Å². The molecule has 0 aliphatic carbocycles. The van der Waals surface area contributed by atoms with Gasteiger partial charge in [-0.3, -0.25) is 0 Å². The summed E-state index contributed by atoms with van der Waals surface area (Å²) in [5, 5.41) is 5.21. The first-order valence-electron chi connectivity index (χ1n) is 9.13. The van der Waals surface area contributed by atoms with Gasteiger partial charge >= 0.3 is 0 Å². The quantitative estimate of drug-likeness (QED) is 0.706. The topological polar surface area (TPSA) is 62.3 Å². The molecule has 0 bridgehead atoms. The Hall–Kier alpha value is -2.15. The Bertz CT molecular complexity index is 1110. The molecular formula is C21H24ClN3O2S. The molecule has 0 atom stereocenters. The molecule has 0 radical (unpaired) electrons. The molecule has 1 N–H and O–H groups in total. The lowest BCUT2D eigenvalue weighted by Gasteiger charge is -2.29. The average molecular weight is 418 g/mol. The van der Waals surface area contributed by atoms with Gasteiger partial charge in [0.1, 0.15) is 5.82 Å². The SMILES string of the molecule is Cc1ccc(C)c(S(=O)(=O)c2ccc3ccnc(N4CCNCC4)c3c2)c1.Cl. The number of rotatable bonds is 3. The van der Waals surface area contributed by atoms with Crippen LogP contribution in [-0.2, 0) is 9.84 Å². The molecule has 5 nitrogen and oxygen atoms in total. The first-order chi connectivity index (χ1) is 13.0. The highest BCUT2D eigenvalue weighted by Gasteiger charge is 2.22. The van der Waals surface area contributed by atoms with E-state index in [9.17, 15) is 8.42 Å². The fourth-order valence-electron chi connectivity index (χ4n) is 3.55. The molecule has 0 unspecified atom stereocenters. The predicted octanol–water partition coefficient (Wildman–Crippen LogP) is 3.52. The van der Waals surface area contributed by atoms with Gasteiger partial charge in [-0.2, -0.15) is 0 Å². The normalized spacial score (nSPS) is 14.7. The van der Waals surface area contributed by atoms with Crippen LogP contribution in [0.3, 0.4) is 0 Å². The van der Waals surface area contributed by atoms with Crippen molar-refractivity contribution >= 4 is 38.8 Å². The van der Waals surface area contributed by atoms with Crippen molar-refractivity contribution in [1.82, 2.24) is 10.3 Å². The van der Waals surface area contributed by atoms with E-state index < -0.39 is 9.84 Å². The third-order valence-electron chi connectivity index (χ3n) is 5.08. The molecule has 0 spiro atoms. The van der Waals surface area contributed by atoms with E-state index in [-0.39, 0.29) is 12.4 Å². The van der Waals surface area contributed by atoms with Gasteiger partial charge in [0.2, 0.25) is 9.84 Å². The Kier molecular flexibility index (Phi) is 5.93. The van der Waals surface area contributed by atoms with Crippen molar-refractivity contribution in [3.05, 3.63) is 59.8 Å². The maximum absolute atomic E-state index is 13.3. The van der Waals surface area contributed by atoms with Crippen molar-refractivity contribution in [1.29, 1.82) is 0 Å². The van der Waals surface area contributed by atoms with Crippen molar-refractivity contribution < 1.29 is 8.42 Å². The van der Waals surface area contributed by atoms with Gasteiger partial charge in [-0.05, 0) is 54.6 Å². The number of halogens is 1. The summed E-state index contributed by atoms with van der Waals surface area (Å²) in [6.45, 7) is 7.27. The van der Waals surface area contributed by atoms with Crippen molar-refractivity contribution in [2.24, 2.45) is 0 Å². The summed E-state index contributed by atoms with van der Waals surface area (Å²) in [6, 6.07) is 12.8. The molecular weight excluding hydrogens is 394 g/mol. The zero-order valence-corrected chi connectivity index (χ0v) is 17.6. The number of piperazine rings is 1. The zero-order chi connectivity index (χ0) is 19.0. The number of nitrogens with zero attached hydrogens (tertiary/aromatic N) is 2. The Morgan fingerprint density at radius 2 is 1.75 bits per heavy atom. The maximum atomic E-state index is 13.3. The fraction of sp³-hybridized carbons (Fsp3) is 0.286. The van der Waals surface area contributed by atoms with Gasteiger partial charge < -0.3 is 10.2 Å². The molecule has 1 aromatic heterocycles. The number of hydrogen-bond donors (Lipinski definition) is 1. The first kappa shape index (κ1) is 20.6. The summed E-state index contributed by atoms with van der Waals surface area (Å²) in [6.07, 6.45) is 1.79. The Morgan fingerprint density at radius 3 is 2.50 bits per heavy atom. The predicted molar refractivity (Wildman–Crippen MR) is 115 cm³/mol. The molecule has 0 amide bonds. The number of fused-ring (bicyclic) bond motifs is 1. The van der Waals surface area contributed by atoms with E-state index in [2.05, 4.69) is 15.2 Å². The number of aryl methyl sites for hydroxylation is 2. The minimum Gasteiger partial charge on any atom is -0.354 e. The van der Waals surface area contributed by atoms with Crippen LogP contribution >= 0.6 is 12.4 Å². The largest absolute Gasteiger partial charge is 0.354 e. The summed E-state index contributed by atoms with van der Waals surface area (Å²) in [5.74, 6) is 0.854. The summed E-state index contributed by atoms with van der Waals surface area (Å²) in [5.41, 5.74) is 1.69. The number of aromatic nitrogens is 1. The van der Waals surface area contributed by atoms with Crippen molar-refractivity contribution in [2.45, 2.75) is 23.6 Å². The summed E-state index contributed by atoms with van der Waals surface area (Å²) >= 11 is 0. The van der Waals surface area contributed by atoms with E-state index in [1.54, 1.807) is 24.4 Å². The fourth-order valence-corrected chi connectivity index (χ4v) is 5.16. The van der Waals surface area contributed by atoms with Gasteiger partial charge in [0, 0.05) is 37.8 Å². The van der Waals surface area contributed by atoms with Crippen LogP contribution in [0.25, 0.3) is 10.8 Å². The number of pyridine rings is 1. The standard InChI is InChI=1S/C21H23N3O2S.ClH/c1-15-3-4-16(2)20(13-15)27(25,26)18-6-5-17-7-8-23-21(19(17)14-18)24-11-9-22-10-12-24;/h3-8,13-14,22H,9-12H2,1-2H3;1H. The van der Waals surface area contributed by atoms with E-state index in [4.69, 9.17) is 0 Å². The molecule has 1 saturated heterocycles. The van der Waals surface area contributed by atoms with E-state index in [0.717, 1.165) is 53.9 Å². The lowest BCUT2D eigenvalue weighted by atomic mass is 10.1. The molecule has 2 heterocycles. The molecule has 1 fully saturated rings. The second kappa shape index (κ2) is 8.07. The highest BCUT2D eigenvalue weighted by molar-refractivity contribution is 7.91. The van der Waals surface area contributed by atoms with Crippen LogP contribution in [0, 0.1) is 13.8 Å². The third-order valence-corrected chi connectivity index (χ3v) is 6.97. The molecule has 7 heteroatoms. The van der Waals surface area contributed by atoms with Crippen LogP contribution in [0.4, 0.5) is 5.82 Å². The minimum atomic E-state index is -3.59. The number of anilines is 1. The van der Waals surface area contributed by atoms with Crippen LogP contribution in [0.15, 0.2) is 58.5 Å². The number of benzene rings is 2. The van der Waals surface area contributed by atoms with Crippen LogP contribution in [0.2, 0.25) is 0 Å². The van der Waals surface area contributed by atoms with Gasteiger partial charge in [-0.15, -0.1) is 12.4 Å². The molecule has 3 aromatic rings. The lowest BCUT2D eigenvalue weighted by Crippen LogP contribution is -2.43. The highest BCUT2D eigenvalue weighted by Crippen LogP contribution is 2.31. The first-order valence-corrected chi connectivity index (χ1v) is 10.6. The summed E-state index contributed by atoms with van der Waals surface area (Å²) < 4.78 is 26.6. The van der Waals surface area contributed by atoms with Gasteiger partial charge in [-0.25, -0.2) is 13.4 Å². The molecule has 28 heavy (non-hydrogen) atoms. The third kappa shape index (κ3) is 3.72. The Morgan fingerprint density at radius 1 is 1.00 bits per heavy atom. The summed E-state index contributed by atoms with van der Waals surface area (Å²) in [4.78, 5) is 7.46. The van der Waals surface area contributed by atoms with Crippen LogP contribution < -0.4 is 10.2 Å². The van der Waals surface area contributed by atoms with Gasteiger partial charge in [0.25, 0.3) is 0 Å². The second-order valence-corrected chi connectivity index (χ2v) is 8.95. The van der Waals surface area contributed by atoms with Crippen LogP contribution in [0.1, 0.15) is 11.1 Å². The molecule has 4 rings (SSSR count). The van der Waals surface area contributed by atoms with E-state index >= 15 is 0 Å². The number of nitrogens with one attached hydrogen (secondary N) is 1. The smallest absolute Gasteiger partial charge is 0.206 e. The van der Waals surface area contributed by atoms with Crippen LogP contribution in [-0.4, -0.2) is 39.6 Å². The number of hydrogen-bond acceptors (Lipinski definition) is 5. The van der Waals surface area contributed by atoms with Crippen molar-refractivity contribution in [3.8, 4) is 0 Å².